The number of fused-ring (bicyclic) bond motifs is 6. The highest BCUT2D eigenvalue weighted by molar-refractivity contribution is 6.09. The predicted octanol–water partition coefficient (Wildman–Crippen LogP) is 19.3. The third-order valence-corrected chi connectivity index (χ3v) is 15.5. The number of anilines is 3. The van der Waals surface area contributed by atoms with Crippen molar-refractivity contribution in [3.8, 4) is 61.3 Å². The van der Waals surface area contributed by atoms with Gasteiger partial charge in [0.15, 0.2) is 0 Å². The van der Waals surface area contributed by atoms with Gasteiger partial charge < -0.3 is 9.47 Å². The first-order chi connectivity index (χ1) is 37.3. The Morgan fingerprint density at radius 2 is 0.733 bits per heavy atom. The van der Waals surface area contributed by atoms with Crippen LogP contribution in [-0.2, 0) is 5.41 Å². The molecule has 0 saturated carbocycles. The van der Waals surface area contributed by atoms with Gasteiger partial charge in [0.05, 0.1) is 27.8 Å². The van der Waals surface area contributed by atoms with E-state index in [9.17, 15) is 0 Å². The summed E-state index contributed by atoms with van der Waals surface area (Å²) in [6.07, 6.45) is 0. The van der Waals surface area contributed by atoms with Crippen molar-refractivity contribution < 1.29 is 0 Å². The maximum Gasteiger partial charge on any atom is 0.0714 e. The van der Waals surface area contributed by atoms with Crippen LogP contribution >= 0.6 is 0 Å². The van der Waals surface area contributed by atoms with Crippen molar-refractivity contribution in [1.29, 1.82) is 0 Å². The molecule has 0 fully saturated rings. The van der Waals surface area contributed by atoms with Gasteiger partial charge in [-0.05, 0) is 115 Å². The lowest BCUT2D eigenvalue weighted by Gasteiger charge is -2.35. The molecular formula is C73H50N2. The number of para-hydroxylation sites is 2. The minimum Gasteiger partial charge on any atom is -0.309 e. The molecule has 1 heterocycles. The Kier molecular flexibility index (Phi) is 10.8. The van der Waals surface area contributed by atoms with Crippen molar-refractivity contribution in [3.05, 3.63) is 326 Å². The minimum absolute atomic E-state index is 0.573. The second-order valence-corrected chi connectivity index (χ2v) is 19.5. The van der Waals surface area contributed by atoms with E-state index >= 15 is 0 Å². The van der Waals surface area contributed by atoms with Crippen LogP contribution in [0, 0.1) is 0 Å². The third-order valence-electron chi connectivity index (χ3n) is 15.5. The van der Waals surface area contributed by atoms with Crippen molar-refractivity contribution in [2.75, 3.05) is 4.90 Å². The van der Waals surface area contributed by atoms with Gasteiger partial charge in [-0.15, -0.1) is 0 Å². The molecule has 0 unspecified atom stereocenters. The summed E-state index contributed by atoms with van der Waals surface area (Å²) in [5.74, 6) is 0. The second kappa shape index (κ2) is 18.4. The largest absolute Gasteiger partial charge is 0.309 e. The maximum absolute atomic E-state index is 2.55. The molecule has 0 bridgehead atoms. The molecule has 14 rings (SSSR count). The van der Waals surface area contributed by atoms with Crippen LogP contribution in [0.15, 0.2) is 303 Å². The van der Waals surface area contributed by atoms with E-state index in [1.54, 1.807) is 0 Å². The fourth-order valence-corrected chi connectivity index (χ4v) is 12.3. The first kappa shape index (κ1) is 44.0. The second-order valence-electron chi connectivity index (χ2n) is 19.5. The van der Waals surface area contributed by atoms with Crippen LogP contribution in [0.4, 0.5) is 17.1 Å². The zero-order chi connectivity index (χ0) is 49.7. The summed E-state index contributed by atoms with van der Waals surface area (Å²) >= 11 is 0. The average molecular weight is 955 g/mol. The Morgan fingerprint density at radius 1 is 0.280 bits per heavy atom. The van der Waals surface area contributed by atoms with E-state index in [-0.39, 0.29) is 0 Å². The Balaban J connectivity index is 1.03. The van der Waals surface area contributed by atoms with Gasteiger partial charge in [0.25, 0.3) is 0 Å². The van der Waals surface area contributed by atoms with Crippen LogP contribution in [0.2, 0.25) is 0 Å². The maximum atomic E-state index is 2.55. The summed E-state index contributed by atoms with van der Waals surface area (Å²) in [5.41, 5.74) is 23.0. The topological polar surface area (TPSA) is 8.17 Å². The zero-order valence-electron chi connectivity index (χ0n) is 41.3. The van der Waals surface area contributed by atoms with Gasteiger partial charge in [0, 0.05) is 33.3 Å². The molecule has 2 nitrogen and oxygen atoms in total. The highest BCUT2D eigenvalue weighted by Crippen LogP contribution is 2.60. The number of hydrogen-bond acceptors (Lipinski definition) is 1. The van der Waals surface area contributed by atoms with Gasteiger partial charge in [-0.1, -0.05) is 255 Å². The Bertz CT molecular complexity index is 4120. The van der Waals surface area contributed by atoms with E-state index < -0.39 is 5.41 Å². The molecule has 12 aromatic carbocycles. The molecule has 1 aromatic heterocycles. The Labute approximate surface area is 438 Å². The number of benzene rings is 12. The quantitative estimate of drug-likeness (QED) is 0.133. The summed E-state index contributed by atoms with van der Waals surface area (Å²) in [6, 6.07) is 112. The van der Waals surface area contributed by atoms with E-state index in [1.807, 2.05) is 0 Å². The highest BCUT2D eigenvalue weighted by atomic mass is 15.1. The van der Waals surface area contributed by atoms with Gasteiger partial charge >= 0.3 is 0 Å². The summed E-state index contributed by atoms with van der Waals surface area (Å²) in [7, 11) is 0. The van der Waals surface area contributed by atoms with E-state index in [2.05, 4.69) is 313 Å². The van der Waals surface area contributed by atoms with Crippen molar-refractivity contribution in [2.24, 2.45) is 0 Å². The SMILES string of the molecule is c1ccc(-c2ccccc2-c2c(-c3ccccc3)cccc2N(c2ccc(-c3cccc(-n4c5ccccc5c5ccccc54)c3)cc2)c2cccc3c2-c2ccccc2C3(c2ccccc2)c2ccccc2)cc1. The Hall–Kier alpha value is -9.76. The predicted molar refractivity (Wildman–Crippen MR) is 315 cm³/mol. The minimum atomic E-state index is -0.573. The average Bonchev–Trinajstić information content (AvgIpc) is 4.08. The first-order valence-corrected chi connectivity index (χ1v) is 25.9. The van der Waals surface area contributed by atoms with E-state index in [0.29, 0.717) is 0 Å². The number of nitrogens with zero attached hydrogens (tertiary/aromatic N) is 2. The highest BCUT2D eigenvalue weighted by Gasteiger charge is 2.47. The van der Waals surface area contributed by atoms with Crippen molar-refractivity contribution in [1.82, 2.24) is 4.57 Å². The molecule has 0 spiro atoms. The molecule has 0 amide bonds. The van der Waals surface area contributed by atoms with Crippen LogP contribution in [0.5, 0.6) is 0 Å². The fourth-order valence-electron chi connectivity index (χ4n) is 12.3. The van der Waals surface area contributed by atoms with Crippen LogP contribution in [0.25, 0.3) is 83.1 Å². The molecule has 0 radical (unpaired) electrons. The molecule has 0 aliphatic heterocycles. The molecule has 1 aliphatic rings. The summed E-state index contributed by atoms with van der Waals surface area (Å²) in [5, 5.41) is 2.51. The van der Waals surface area contributed by atoms with Crippen LogP contribution in [0.3, 0.4) is 0 Å². The summed E-state index contributed by atoms with van der Waals surface area (Å²) < 4.78 is 2.40. The lowest BCUT2D eigenvalue weighted by atomic mass is 9.68. The molecule has 2 heteroatoms. The van der Waals surface area contributed by atoms with E-state index in [1.165, 1.54) is 66.3 Å². The first-order valence-electron chi connectivity index (χ1n) is 25.9. The molecule has 75 heavy (non-hydrogen) atoms. The van der Waals surface area contributed by atoms with Crippen LogP contribution in [-0.4, -0.2) is 4.57 Å². The van der Waals surface area contributed by atoms with Crippen LogP contribution < -0.4 is 4.90 Å². The van der Waals surface area contributed by atoms with Gasteiger partial charge in [-0.25, -0.2) is 0 Å². The van der Waals surface area contributed by atoms with Gasteiger partial charge in [-0.2, -0.15) is 0 Å². The smallest absolute Gasteiger partial charge is 0.0714 e. The summed E-state index contributed by atoms with van der Waals surface area (Å²) in [6.45, 7) is 0. The standard InChI is InChI=1S/C73H50N2/c1-5-24-52(25-6-1)59-34-13-14-37-63(59)71-60(53-26-7-2-8-27-53)39-22-44-69(71)74(57-48-46-51(47-49-57)54-28-21-33-58(50-54)75-67-42-19-16-35-61(67)62-36-17-20-43-68(62)75)70-45-23-41-66-72(70)64-38-15-18-40-65(64)73(66,55-29-9-3-10-30-55)56-31-11-4-12-32-56/h1-50H. The molecule has 1 aliphatic carbocycles. The Morgan fingerprint density at radius 3 is 1.37 bits per heavy atom. The number of aromatic nitrogens is 1. The lowest BCUT2D eigenvalue weighted by molar-refractivity contribution is 0.768. The monoisotopic (exact) mass is 954 g/mol. The van der Waals surface area contributed by atoms with E-state index in [0.717, 1.165) is 56.1 Å². The van der Waals surface area contributed by atoms with Gasteiger partial charge in [0.2, 0.25) is 0 Å². The molecule has 352 valence electrons. The molecule has 13 aromatic rings. The van der Waals surface area contributed by atoms with Crippen LogP contribution in [0.1, 0.15) is 22.3 Å². The molecule has 0 saturated heterocycles. The summed E-state index contributed by atoms with van der Waals surface area (Å²) in [4.78, 5) is 2.55. The number of rotatable bonds is 10. The van der Waals surface area contributed by atoms with E-state index in [4.69, 9.17) is 0 Å². The van der Waals surface area contributed by atoms with Gasteiger partial charge in [-0.3, -0.25) is 0 Å². The van der Waals surface area contributed by atoms with Crippen molar-refractivity contribution in [3.63, 3.8) is 0 Å². The number of hydrogen-bond donors (Lipinski definition) is 0. The van der Waals surface area contributed by atoms with Crippen molar-refractivity contribution >= 4 is 38.9 Å². The molecule has 0 atom stereocenters. The zero-order valence-corrected chi connectivity index (χ0v) is 41.3. The van der Waals surface area contributed by atoms with Crippen molar-refractivity contribution in [2.45, 2.75) is 5.41 Å². The normalized spacial score (nSPS) is 12.4. The third kappa shape index (κ3) is 7.17. The lowest BCUT2D eigenvalue weighted by Crippen LogP contribution is -2.28. The van der Waals surface area contributed by atoms with Gasteiger partial charge in [0.1, 0.15) is 0 Å². The molecule has 0 N–H and O–H groups in total. The molecular weight excluding hydrogens is 905 g/mol. The fraction of sp³-hybridized carbons (Fsp3) is 0.0137.